The monoisotopic (exact) mass is 741 g/mol. The molecule has 192 valence electrons. The lowest BCUT2D eigenvalue weighted by Crippen LogP contribution is -2.52. The molecule has 1 aromatic carbocycles. The first-order valence-electron chi connectivity index (χ1n) is 8.95. The molecule has 0 bridgehead atoms. The molecule has 0 heterocycles. The van der Waals surface area contributed by atoms with Crippen molar-refractivity contribution < 1.29 is 58.7 Å². The number of hydrogen-bond acceptors (Lipinski definition) is 8. The van der Waals surface area contributed by atoms with Gasteiger partial charge in [0.25, 0.3) is 6.10 Å². The molecule has 0 amide bonds. The van der Waals surface area contributed by atoms with E-state index in [0.29, 0.717) is 9.99 Å². The summed E-state index contributed by atoms with van der Waals surface area (Å²) in [5.41, 5.74) is -0.501. The van der Waals surface area contributed by atoms with E-state index in [9.17, 15) is 44.5 Å². The van der Waals surface area contributed by atoms with Crippen LogP contribution in [0.4, 0.5) is 22.0 Å². The van der Waals surface area contributed by atoms with Gasteiger partial charge in [0.15, 0.2) is 10.1 Å². The quantitative estimate of drug-likeness (QED) is 0.0819. The molecule has 1 atom stereocenters. The number of esters is 2. The minimum Gasteiger partial charge on any atom is -0.743 e. The van der Waals surface area contributed by atoms with Crippen molar-refractivity contribution in [3.63, 3.8) is 0 Å². The third-order valence-electron chi connectivity index (χ3n) is 3.76. The van der Waals surface area contributed by atoms with Crippen LogP contribution in [0.25, 0.3) is 0 Å². The maximum absolute atomic E-state index is 13.7. The number of carbonyl (C=O) groups is 2. The molecule has 0 saturated heterocycles. The van der Waals surface area contributed by atoms with Crippen molar-refractivity contribution in [1.29, 1.82) is 0 Å². The molecule has 0 aliphatic rings. The molecule has 1 unspecified atom stereocenters. The lowest BCUT2D eigenvalue weighted by molar-refractivity contribution is -0.248. The second-order valence-electron chi connectivity index (χ2n) is 6.58. The molecular weight excluding hydrogens is 725 g/mol. The van der Waals surface area contributed by atoms with Gasteiger partial charge in [0.2, 0.25) is 0 Å². The molecule has 0 radical (unpaired) electrons. The zero-order chi connectivity index (χ0) is 26.5. The summed E-state index contributed by atoms with van der Waals surface area (Å²) in [6.07, 6.45) is -10.0. The average molecular weight is 741 g/mol. The van der Waals surface area contributed by atoms with Gasteiger partial charge < -0.3 is 18.8 Å². The lowest BCUT2D eigenvalue weighted by atomic mass is 10.2. The SMILES string of the molecule is C=C(C)C(=O)OCCCCOc1c(I)cc(I)cc1C(=O)OC(C(F)(F)F)C(F)(F)S(=O)(=O)[O-]. The van der Waals surface area contributed by atoms with Crippen LogP contribution in [0.2, 0.25) is 0 Å². The fourth-order valence-electron chi connectivity index (χ4n) is 2.15. The summed E-state index contributed by atoms with van der Waals surface area (Å²) in [6.45, 7) is 4.76. The standard InChI is InChI=1S/C18H17F5I2O8S/c1-9(2)14(26)32-6-4-3-5-31-13-11(7-10(24)8-12(13)25)15(27)33-16(17(19,20)21)18(22,23)34(28,29)30/h7-8,16H,1,3-6H2,2H3,(H,28,29,30)/p-1. The molecule has 0 fully saturated rings. The fourth-order valence-corrected chi connectivity index (χ4v) is 4.60. The van der Waals surface area contributed by atoms with E-state index in [1.165, 1.54) is 13.0 Å². The van der Waals surface area contributed by atoms with Crippen molar-refractivity contribution in [2.75, 3.05) is 13.2 Å². The second kappa shape index (κ2) is 12.1. The molecule has 0 saturated carbocycles. The lowest BCUT2D eigenvalue weighted by Gasteiger charge is -2.29. The van der Waals surface area contributed by atoms with Gasteiger partial charge in [-0.15, -0.1) is 0 Å². The van der Waals surface area contributed by atoms with Gasteiger partial charge in [-0.3, -0.25) is 0 Å². The van der Waals surface area contributed by atoms with Crippen LogP contribution >= 0.6 is 45.2 Å². The van der Waals surface area contributed by atoms with Crippen LogP contribution in [0.3, 0.4) is 0 Å². The number of benzene rings is 1. The van der Waals surface area contributed by atoms with Crippen LogP contribution in [0.15, 0.2) is 24.3 Å². The first-order chi connectivity index (χ1) is 15.4. The van der Waals surface area contributed by atoms with Gasteiger partial charge >= 0.3 is 23.4 Å². The van der Waals surface area contributed by atoms with Crippen LogP contribution < -0.4 is 4.74 Å². The summed E-state index contributed by atoms with van der Waals surface area (Å²) < 4.78 is 113. The number of halogens is 7. The summed E-state index contributed by atoms with van der Waals surface area (Å²) >= 11 is 3.36. The highest BCUT2D eigenvalue weighted by Gasteiger charge is 2.63. The molecule has 0 aliphatic heterocycles. The van der Waals surface area contributed by atoms with Crippen LogP contribution in [0.5, 0.6) is 5.75 Å². The van der Waals surface area contributed by atoms with E-state index in [1.54, 1.807) is 45.2 Å². The summed E-state index contributed by atoms with van der Waals surface area (Å²) in [4.78, 5) is 23.7. The third kappa shape index (κ3) is 8.43. The molecule has 0 aliphatic carbocycles. The third-order valence-corrected chi connectivity index (χ3v) is 6.06. The van der Waals surface area contributed by atoms with Crippen LogP contribution in [0.1, 0.15) is 30.1 Å². The predicted octanol–water partition coefficient (Wildman–Crippen LogP) is 4.40. The van der Waals surface area contributed by atoms with E-state index in [4.69, 9.17) is 9.47 Å². The molecule has 8 nitrogen and oxygen atoms in total. The highest BCUT2D eigenvalue weighted by Crippen LogP contribution is 2.39. The smallest absolute Gasteiger partial charge is 0.432 e. The normalized spacial score (nSPS) is 13.2. The Morgan fingerprint density at radius 2 is 1.68 bits per heavy atom. The molecule has 0 N–H and O–H groups in total. The zero-order valence-electron chi connectivity index (χ0n) is 17.1. The maximum atomic E-state index is 13.7. The van der Waals surface area contributed by atoms with E-state index in [2.05, 4.69) is 11.3 Å². The van der Waals surface area contributed by atoms with E-state index >= 15 is 0 Å². The summed E-state index contributed by atoms with van der Waals surface area (Å²) in [5.74, 6) is -2.89. The van der Waals surface area contributed by atoms with Gasteiger partial charge in [-0.2, -0.15) is 22.0 Å². The Balaban J connectivity index is 3.06. The first kappa shape index (κ1) is 30.8. The highest BCUT2D eigenvalue weighted by molar-refractivity contribution is 14.1. The molecule has 34 heavy (non-hydrogen) atoms. The summed E-state index contributed by atoms with van der Waals surface area (Å²) in [6, 6.07) is 2.44. The van der Waals surface area contributed by atoms with E-state index in [1.807, 2.05) is 0 Å². The minimum absolute atomic E-state index is 0.0136. The molecule has 16 heteroatoms. The van der Waals surface area contributed by atoms with Gasteiger partial charge in [0.1, 0.15) is 11.3 Å². The van der Waals surface area contributed by atoms with Crippen molar-refractivity contribution in [1.82, 2.24) is 0 Å². The number of rotatable bonds is 11. The Labute approximate surface area is 218 Å². The topological polar surface area (TPSA) is 119 Å². The number of ether oxygens (including phenoxy) is 3. The van der Waals surface area contributed by atoms with E-state index < -0.39 is 45.2 Å². The average Bonchev–Trinajstić information content (AvgIpc) is 2.67. The second-order valence-corrected chi connectivity index (χ2v) is 10.4. The highest BCUT2D eigenvalue weighted by atomic mass is 127. The van der Waals surface area contributed by atoms with Crippen molar-refractivity contribution in [2.45, 2.75) is 37.3 Å². The van der Waals surface area contributed by atoms with E-state index in [0.717, 1.165) is 6.07 Å². The molecule has 1 rings (SSSR count). The number of carbonyl (C=O) groups excluding carboxylic acids is 2. The van der Waals surface area contributed by atoms with Crippen LogP contribution in [0, 0.1) is 7.14 Å². The van der Waals surface area contributed by atoms with Gasteiger partial charge in [0.05, 0.1) is 16.8 Å². The summed E-state index contributed by atoms with van der Waals surface area (Å²) in [5, 5.41) is -5.97. The molecule has 0 spiro atoms. The van der Waals surface area contributed by atoms with Crippen molar-refractivity contribution in [3.8, 4) is 5.75 Å². The minimum atomic E-state index is -6.83. The Hall–Kier alpha value is -1.28. The molecule has 1 aromatic rings. The Bertz CT molecular complexity index is 1040. The van der Waals surface area contributed by atoms with Crippen molar-refractivity contribution in [3.05, 3.63) is 37.0 Å². The van der Waals surface area contributed by atoms with Gasteiger partial charge in [0, 0.05) is 9.14 Å². The Kier molecular flexibility index (Phi) is 11.0. The Morgan fingerprint density at radius 1 is 1.12 bits per heavy atom. The van der Waals surface area contributed by atoms with Crippen molar-refractivity contribution >= 4 is 67.2 Å². The predicted molar refractivity (Wildman–Crippen MR) is 122 cm³/mol. The first-order valence-corrected chi connectivity index (χ1v) is 12.5. The molecular formula is C18H16F5I2O8S-. The van der Waals surface area contributed by atoms with Gasteiger partial charge in [-0.05, 0) is 77.1 Å². The number of unbranched alkanes of at least 4 members (excludes halogenated alkanes) is 1. The molecule has 0 aromatic heterocycles. The largest absolute Gasteiger partial charge is 0.743 e. The summed E-state index contributed by atoms with van der Waals surface area (Å²) in [7, 11) is -6.83. The zero-order valence-corrected chi connectivity index (χ0v) is 22.2. The fraction of sp³-hybridized carbons (Fsp3) is 0.444. The van der Waals surface area contributed by atoms with Gasteiger partial charge in [-0.25, -0.2) is 18.0 Å². The number of alkyl halides is 5. The van der Waals surface area contributed by atoms with Gasteiger partial charge in [-0.1, -0.05) is 6.58 Å². The van der Waals surface area contributed by atoms with Crippen LogP contribution in [-0.2, 0) is 24.4 Å². The van der Waals surface area contributed by atoms with Crippen LogP contribution in [-0.4, -0.2) is 55.7 Å². The number of hydrogen-bond donors (Lipinski definition) is 0. The van der Waals surface area contributed by atoms with E-state index in [-0.39, 0.29) is 34.5 Å². The Morgan fingerprint density at radius 3 is 2.18 bits per heavy atom. The maximum Gasteiger partial charge on any atom is 0.432 e. The van der Waals surface area contributed by atoms with Crippen molar-refractivity contribution in [2.24, 2.45) is 0 Å².